The molecule has 0 amide bonds. The molecule has 2 aromatic carbocycles. The van der Waals surface area contributed by atoms with Crippen LogP contribution in [0.25, 0.3) is 6.08 Å². The number of fused-ring (bicyclic) bond motifs is 1. The first kappa shape index (κ1) is 20.5. The van der Waals surface area contributed by atoms with Crippen molar-refractivity contribution >= 4 is 17.7 Å². The van der Waals surface area contributed by atoms with Gasteiger partial charge in [-0.3, -0.25) is 0 Å². The Morgan fingerprint density at radius 3 is 2.88 bits per heavy atom. The molecule has 1 fully saturated rings. The number of anilines is 2. The molecule has 0 unspecified atom stereocenters. The van der Waals surface area contributed by atoms with Crippen molar-refractivity contribution in [3.8, 4) is 17.4 Å². The van der Waals surface area contributed by atoms with Gasteiger partial charge in [-0.2, -0.15) is 4.98 Å². The van der Waals surface area contributed by atoms with Gasteiger partial charge in [-0.15, -0.1) is 0 Å². The Balaban J connectivity index is 1.29. The van der Waals surface area contributed by atoms with Gasteiger partial charge in [-0.05, 0) is 37.1 Å². The van der Waals surface area contributed by atoms with Gasteiger partial charge in [0.25, 0.3) is 0 Å². The minimum atomic E-state index is -0.370. The summed E-state index contributed by atoms with van der Waals surface area (Å²) in [5.74, 6) is 1.16. The molecule has 2 aliphatic rings. The number of benzene rings is 2. The molecule has 1 saturated heterocycles. The molecule has 0 atom stereocenters. The van der Waals surface area contributed by atoms with E-state index in [1.165, 1.54) is 0 Å². The zero-order valence-corrected chi connectivity index (χ0v) is 17.8. The van der Waals surface area contributed by atoms with Crippen LogP contribution in [0.3, 0.4) is 0 Å². The van der Waals surface area contributed by atoms with Gasteiger partial charge in [-0.1, -0.05) is 23.8 Å². The third-order valence-corrected chi connectivity index (χ3v) is 5.50. The van der Waals surface area contributed by atoms with Crippen molar-refractivity contribution in [3.05, 3.63) is 71.2 Å². The van der Waals surface area contributed by atoms with Crippen LogP contribution in [-0.2, 0) is 11.2 Å². The van der Waals surface area contributed by atoms with Crippen LogP contribution < -0.4 is 14.8 Å². The second-order valence-corrected chi connectivity index (χ2v) is 8.02. The van der Waals surface area contributed by atoms with Gasteiger partial charge in [0, 0.05) is 42.4 Å². The molecule has 1 N–H and O–H groups in total. The van der Waals surface area contributed by atoms with Crippen LogP contribution in [0.15, 0.2) is 54.2 Å². The van der Waals surface area contributed by atoms with E-state index in [0.717, 1.165) is 55.0 Å². The zero-order chi connectivity index (χ0) is 21.9. The number of ether oxygens (including phenoxy) is 3. The Labute approximate surface area is 186 Å². The summed E-state index contributed by atoms with van der Waals surface area (Å²) >= 11 is 0. The number of allylic oxidation sites excluding steroid dienone is 1. The molecule has 1 aliphatic heterocycles. The van der Waals surface area contributed by atoms with Gasteiger partial charge in [0.15, 0.2) is 11.6 Å². The van der Waals surface area contributed by atoms with E-state index in [9.17, 15) is 4.39 Å². The van der Waals surface area contributed by atoms with Crippen LogP contribution in [0.4, 0.5) is 16.0 Å². The maximum atomic E-state index is 14.9. The van der Waals surface area contributed by atoms with E-state index in [0.29, 0.717) is 11.5 Å². The molecule has 0 saturated carbocycles. The monoisotopic (exact) mass is 433 g/mol. The summed E-state index contributed by atoms with van der Waals surface area (Å²) in [4.78, 5) is 8.62. The highest BCUT2D eigenvalue weighted by Crippen LogP contribution is 2.34. The van der Waals surface area contributed by atoms with Crippen molar-refractivity contribution in [2.24, 2.45) is 0 Å². The molecule has 5 rings (SSSR count). The lowest BCUT2D eigenvalue weighted by Gasteiger charge is -2.23. The van der Waals surface area contributed by atoms with Gasteiger partial charge in [0.2, 0.25) is 11.8 Å². The Morgan fingerprint density at radius 1 is 1.12 bits per heavy atom. The number of halogens is 1. The van der Waals surface area contributed by atoms with Crippen LogP contribution >= 0.6 is 0 Å². The number of rotatable bonds is 6. The predicted octanol–water partition coefficient (Wildman–Crippen LogP) is 5.67. The topological polar surface area (TPSA) is 65.5 Å². The molecular formula is C25H24FN3O3. The molecule has 32 heavy (non-hydrogen) atoms. The Hall–Kier alpha value is -3.45. The van der Waals surface area contributed by atoms with Crippen LogP contribution in [-0.4, -0.2) is 29.3 Å². The lowest BCUT2D eigenvalue weighted by atomic mass is 10.1. The molecule has 7 heteroatoms. The van der Waals surface area contributed by atoms with Crippen LogP contribution in [0.5, 0.6) is 17.4 Å². The zero-order valence-electron chi connectivity index (χ0n) is 17.8. The number of hydrogen-bond acceptors (Lipinski definition) is 6. The summed E-state index contributed by atoms with van der Waals surface area (Å²) in [6.45, 7) is 3.44. The van der Waals surface area contributed by atoms with Crippen molar-refractivity contribution in [1.29, 1.82) is 0 Å². The molecule has 0 radical (unpaired) electrons. The minimum absolute atomic E-state index is 0.145. The van der Waals surface area contributed by atoms with Crippen LogP contribution in [0.2, 0.25) is 0 Å². The van der Waals surface area contributed by atoms with E-state index in [1.54, 1.807) is 18.3 Å². The first-order valence-corrected chi connectivity index (χ1v) is 10.7. The quantitative estimate of drug-likeness (QED) is 0.540. The first-order chi connectivity index (χ1) is 15.6. The third kappa shape index (κ3) is 4.57. The highest BCUT2D eigenvalue weighted by atomic mass is 19.1. The average molecular weight is 433 g/mol. The summed E-state index contributed by atoms with van der Waals surface area (Å²) < 4.78 is 32.0. The number of nitrogens with one attached hydrogen (secondary N) is 1. The van der Waals surface area contributed by atoms with Gasteiger partial charge >= 0.3 is 0 Å². The molecule has 1 aliphatic carbocycles. The molecule has 0 spiro atoms. The fraction of sp³-hybridized carbons (Fsp3) is 0.280. The first-order valence-electron chi connectivity index (χ1n) is 10.7. The van der Waals surface area contributed by atoms with Crippen molar-refractivity contribution in [2.75, 3.05) is 18.5 Å². The summed E-state index contributed by atoms with van der Waals surface area (Å²) in [5.41, 5.74) is 3.48. The fourth-order valence-electron chi connectivity index (χ4n) is 3.93. The van der Waals surface area contributed by atoms with Gasteiger partial charge in [0.05, 0.1) is 13.2 Å². The Kier molecular flexibility index (Phi) is 5.73. The SMILES string of the molecule is CC1=Cc2c(ccc(Oc3ccnc(Nc4cccc(OC5CCOCC5)c4)n3)c2F)C1. The standard InChI is InChI=1S/C25H24FN3O3/c1-16-13-17-5-6-22(24(26)21(17)14-16)32-23-7-10-27-25(29-23)28-18-3-2-4-20(15-18)31-19-8-11-30-12-9-19/h2-7,10,14-15,19H,8-9,11-13H2,1H3,(H,27,28,29). The maximum absolute atomic E-state index is 14.9. The third-order valence-electron chi connectivity index (χ3n) is 5.50. The lowest BCUT2D eigenvalue weighted by molar-refractivity contribution is 0.0256. The predicted molar refractivity (Wildman–Crippen MR) is 120 cm³/mol. The molecule has 1 aromatic heterocycles. The highest BCUT2D eigenvalue weighted by molar-refractivity contribution is 5.65. The van der Waals surface area contributed by atoms with Crippen LogP contribution in [0, 0.1) is 5.82 Å². The molecule has 164 valence electrons. The van der Waals surface area contributed by atoms with Crippen molar-refractivity contribution in [1.82, 2.24) is 9.97 Å². The molecule has 0 bridgehead atoms. The molecular weight excluding hydrogens is 409 g/mol. The number of hydrogen-bond donors (Lipinski definition) is 1. The molecule has 6 nitrogen and oxygen atoms in total. The second-order valence-electron chi connectivity index (χ2n) is 8.02. The van der Waals surface area contributed by atoms with Crippen LogP contribution in [0.1, 0.15) is 30.9 Å². The summed E-state index contributed by atoms with van der Waals surface area (Å²) in [5, 5.41) is 3.16. The van der Waals surface area contributed by atoms with E-state index < -0.39 is 0 Å². The van der Waals surface area contributed by atoms with Crippen molar-refractivity contribution in [2.45, 2.75) is 32.3 Å². The van der Waals surface area contributed by atoms with Gasteiger partial charge < -0.3 is 19.5 Å². The van der Waals surface area contributed by atoms with Crippen molar-refractivity contribution < 1.29 is 18.6 Å². The largest absolute Gasteiger partial charge is 0.490 e. The normalized spacial score (nSPS) is 15.8. The Morgan fingerprint density at radius 2 is 2.00 bits per heavy atom. The minimum Gasteiger partial charge on any atom is -0.490 e. The number of nitrogens with zero attached hydrogens (tertiary/aromatic N) is 2. The van der Waals surface area contributed by atoms with E-state index >= 15 is 0 Å². The van der Waals surface area contributed by atoms with Crippen molar-refractivity contribution in [3.63, 3.8) is 0 Å². The smallest absolute Gasteiger partial charge is 0.230 e. The van der Waals surface area contributed by atoms with Gasteiger partial charge in [-0.25, -0.2) is 9.37 Å². The highest BCUT2D eigenvalue weighted by Gasteiger charge is 2.19. The van der Waals surface area contributed by atoms with E-state index in [1.807, 2.05) is 43.3 Å². The number of aromatic nitrogens is 2. The molecule has 2 heterocycles. The van der Waals surface area contributed by atoms with E-state index in [4.69, 9.17) is 14.2 Å². The van der Waals surface area contributed by atoms with Gasteiger partial charge in [0.1, 0.15) is 11.9 Å². The summed E-state index contributed by atoms with van der Waals surface area (Å²) in [6, 6.07) is 12.8. The summed E-state index contributed by atoms with van der Waals surface area (Å²) in [6.07, 6.45) is 6.13. The average Bonchev–Trinajstić information content (AvgIpc) is 3.18. The molecule has 3 aromatic rings. The Bertz CT molecular complexity index is 1160. The lowest BCUT2D eigenvalue weighted by Crippen LogP contribution is -2.25. The maximum Gasteiger partial charge on any atom is 0.230 e. The van der Waals surface area contributed by atoms with E-state index in [2.05, 4.69) is 15.3 Å². The second kappa shape index (κ2) is 8.96. The summed E-state index contributed by atoms with van der Waals surface area (Å²) in [7, 11) is 0. The fourth-order valence-corrected chi connectivity index (χ4v) is 3.93. The van der Waals surface area contributed by atoms with E-state index in [-0.39, 0.29) is 23.6 Å².